The lowest BCUT2D eigenvalue weighted by Crippen LogP contribution is -2.39. The van der Waals surface area contributed by atoms with Gasteiger partial charge in [0.25, 0.3) is 0 Å². The summed E-state index contributed by atoms with van der Waals surface area (Å²) < 4.78 is 15.8. The molecule has 148 valence electrons. The lowest BCUT2D eigenvalue weighted by molar-refractivity contribution is 0.108. The average Bonchev–Trinajstić information content (AvgIpc) is 3.16. The molecule has 7 nitrogen and oxygen atoms in total. The van der Waals surface area contributed by atoms with E-state index in [1.54, 1.807) is 14.2 Å². The van der Waals surface area contributed by atoms with E-state index in [1.807, 2.05) is 24.3 Å². The highest BCUT2D eigenvalue weighted by Gasteiger charge is 2.21. The summed E-state index contributed by atoms with van der Waals surface area (Å²) in [6.45, 7) is 5.90. The first-order valence-electron chi connectivity index (χ1n) is 9.54. The minimum absolute atomic E-state index is 0.618. The fraction of sp³-hybridized carbons (Fsp3) is 0.600. The van der Waals surface area contributed by atoms with Crippen molar-refractivity contribution in [3.63, 3.8) is 0 Å². The molecule has 2 heterocycles. The Labute approximate surface area is 161 Å². The van der Waals surface area contributed by atoms with Crippen molar-refractivity contribution in [2.24, 2.45) is 5.92 Å². The number of rotatable bonds is 9. The van der Waals surface area contributed by atoms with Crippen molar-refractivity contribution < 1.29 is 14.0 Å². The van der Waals surface area contributed by atoms with Crippen molar-refractivity contribution in [2.75, 3.05) is 54.1 Å². The fourth-order valence-corrected chi connectivity index (χ4v) is 3.53. The van der Waals surface area contributed by atoms with Crippen molar-refractivity contribution >= 4 is 0 Å². The van der Waals surface area contributed by atoms with E-state index in [0.717, 1.165) is 50.0 Å². The second-order valence-corrected chi connectivity index (χ2v) is 7.21. The number of benzene rings is 1. The molecule has 1 aliphatic rings. The van der Waals surface area contributed by atoms with E-state index in [2.05, 4.69) is 27.0 Å². The number of aromatic nitrogens is 2. The van der Waals surface area contributed by atoms with Crippen molar-refractivity contribution in [3.8, 4) is 17.1 Å². The summed E-state index contributed by atoms with van der Waals surface area (Å²) in [5.74, 6) is 2.81. The second-order valence-electron chi connectivity index (χ2n) is 7.21. The van der Waals surface area contributed by atoms with E-state index in [4.69, 9.17) is 14.0 Å². The normalized spacial score (nSPS) is 16.1. The molecule has 0 N–H and O–H groups in total. The topological polar surface area (TPSA) is 63.9 Å². The van der Waals surface area contributed by atoms with Crippen LogP contribution >= 0.6 is 0 Å². The third kappa shape index (κ3) is 5.76. The molecule has 0 spiro atoms. The van der Waals surface area contributed by atoms with Crippen LogP contribution in [-0.2, 0) is 11.3 Å². The average molecular weight is 374 g/mol. The summed E-state index contributed by atoms with van der Waals surface area (Å²) in [5.41, 5.74) is 0.928. The standard InChI is InChI=1S/C20H30N4O3/c1-23(14-16-8-10-24(11-9-16)12-13-25-2)15-19-21-20(22-27-19)17-4-6-18(26-3)7-5-17/h4-7,16H,8-15H2,1-3H3. The van der Waals surface area contributed by atoms with Crippen LogP contribution < -0.4 is 4.74 Å². The van der Waals surface area contributed by atoms with Gasteiger partial charge in [0, 0.05) is 25.8 Å². The zero-order valence-corrected chi connectivity index (χ0v) is 16.6. The molecule has 0 saturated carbocycles. The molecule has 0 atom stereocenters. The number of hydrogen-bond acceptors (Lipinski definition) is 7. The fourth-order valence-electron chi connectivity index (χ4n) is 3.53. The van der Waals surface area contributed by atoms with Gasteiger partial charge < -0.3 is 18.9 Å². The summed E-state index contributed by atoms with van der Waals surface area (Å²) in [7, 11) is 5.54. The number of methoxy groups -OCH3 is 2. The summed E-state index contributed by atoms with van der Waals surface area (Å²) in [6.07, 6.45) is 2.46. The van der Waals surface area contributed by atoms with Gasteiger partial charge in [-0.25, -0.2) is 0 Å². The highest BCUT2D eigenvalue weighted by Crippen LogP contribution is 2.21. The first kappa shape index (κ1) is 19.8. The Bertz CT molecular complexity index is 681. The van der Waals surface area contributed by atoms with E-state index < -0.39 is 0 Å². The van der Waals surface area contributed by atoms with Crippen LogP contribution in [0.1, 0.15) is 18.7 Å². The molecule has 27 heavy (non-hydrogen) atoms. The minimum Gasteiger partial charge on any atom is -0.497 e. The van der Waals surface area contributed by atoms with Crippen LogP contribution in [0, 0.1) is 5.92 Å². The first-order valence-corrected chi connectivity index (χ1v) is 9.54. The van der Waals surface area contributed by atoms with Crippen LogP contribution in [0.25, 0.3) is 11.4 Å². The van der Waals surface area contributed by atoms with E-state index in [-0.39, 0.29) is 0 Å². The first-order chi connectivity index (χ1) is 13.2. The van der Waals surface area contributed by atoms with Crippen LogP contribution in [0.3, 0.4) is 0 Å². The molecule has 1 fully saturated rings. The van der Waals surface area contributed by atoms with Gasteiger partial charge in [0.15, 0.2) is 0 Å². The van der Waals surface area contributed by atoms with E-state index in [1.165, 1.54) is 12.8 Å². The molecule has 1 aromatic heterocycles. The van der Waals surface area contributed by atoms with Gasteiger partial charge in [-0.1, -0.05) is 5.16 Å². The Morgan fingerprint density at radius 1 is 1.19 bits per heavy atom. The molecule has 0 amide bonds. The lowest BCUT2D eigenvalue weighted by Gasteiger charge is -2.33. The van der Waals surface area contributed by atoms with Gasteiger partial charge in [-0.05, 0) is 63.2 Å². The number of likely N-dealkylation sites (tertiary alicyclic amines) is 1. The molecular formula is C20H30N4O3. The molecule has 0 radical (unpaired) electrons. The highest BCUT2D eigenvalue weighted by atomic mass is 16.5. The van der Waals surface area contributed by atoms with Gasteiger partial charge >= 0.3 is 0 Å². The maximum Gasteiger partial charge on any atom is 0.241 e. The van der Waals surface area contributed by atoms with E-state index in [0.29, 0.717) is 18.3 Å². The number of nitrogens with zero attached hydrogens (tertiary/aromatic N) is 4. The SMILES string of the molecule is COCCN1CCC(CN(C)Cc2nc(-c3ccc(OC)cc3)no2)CC1. The Balaban J connectivity index is 1.46. The van der Waals surface area contributed by atoms with Crippen LogP contribution in [0.2, 0.25) is 0 Å². The Hall–Kier alpha value is -1.96. The highest BCUT2D eigenvalue weighted by molar-refractivity contribution is 5.55. The van der Waals surface area contributed by atoms with Gasteiger partial charge in [0.1, 0.15) is 5.75 Å². The van der Waals surface area contributed by atoms with Gasteiger partial charge in [0.2, 0.25) is 11.7 Å². The number of piperidine rings is 1. The van der Waals surface area contributed by atoms with Crippen molar-refractivity contribution in [1.29, 1.82) is 0 Å². The maximum absolute atomic E-state index is 5.44. The summed E-state index contributed by atoms with van der Waals surface area (Å²) >= 11 is 0. The largest absolute Gasteiger partial charge is 0.497 e. The Morgan fingerprint density at radius 3 is 2.59 bits per heavy atom. The van der Waals surface area contributed by atoms with Crippen LogP contribution in [-0.4, -0.2) is 74.0 Å². The smallest absolute Gasteiger partial charge is 0.241 e. The maximum atomic E-state index is 5.44. The monoisotopic (exact) mass is 374 g/mol. The van der Waals surface area contributed by atoms with E-state index in [9.17, 15) is 0 Å². The quantitative estimate of drug-likeness (QED) is 0.668. The van der Waals surface area contributed by atoms with Crippen LogP contribution in [0.15, 0.2) is 28.8 Å². The zero-order chi connectivity index (χ0) is 19.1. The molecule has 1 aliphatic heterocycles. The predicted molar refractivity (Wildman–Crippen MR) is 104 cm³/mol. The Morgan fingerprint density at radius 2 is 1.93 bits per heavy atom. The molecule has 1 saturated heterocycles. The molecule has 7 heteroatoms. The van der Waals surface area contributed by atoms with E-state index >= 15 is 0 Å². The zero-order valence-electron chi connectivity index (χ0n) is 16.6. The predicted octanol–water partition coefficient (Wildman–Crippen LogP) is 2.54. The lowest BCUT2D eigenvalue weighted by atomic mass is 9.96. The summed E-state index contributed by atoms with van der Waals surface area (Å²) in [5, 5.41) is 4.11. The minimum atomic E-state index is 0.618. The number of ether oxygens (including phenoxy) is 2. The summed E-state index contributed by atoms with van der Waals surface area (Å²) in [6, 6.07) is 7.68. The van der Waals surface area contributed by atoms with Gasteiger partial charge in [-0.3, -0.25) is 4.90 Å². The van der Waals surface area contributed by atoms with Gasteiger partial charge in [0.05, 0.1) is 20.3 Å². The van der Waals surface area contributed by atoms with Gasteiger partial charge in [-0.2, -0.15) is 4.98 Å². The molecule has 0 aliphatic carbocycles. The van der Waals surface area contributed by atoms with Crippen molar-refractivity contribution in [3.05, 3.63) is 30.2 Å². The third-order valence-electron chi connectivity index (χ3n) is 5.11. The van der Waals surface area contributed by atoms with Crippen molar-refractivity contribution in [2.45, 2.75) is 19.4 Å². The summed E-state index contributed by atoms with van der Waals surface area (Å²) in [4.78, 5) is 9.30. The molecule has 0 bridgehead atoms. The molecule has 0 unspecified atom stereocenters. The number of hydrogen-bond donors (Lipinski definition) is 0. The van der Waals surface area contributed by atoms with Crippen LogP contribution in [0.4, 0.5) is 0 Å². The van der Waals surface area contributed by atoms with Crippen molar-refractivity contribution in [1.82, 2.24) is 19.9 Å². The molecule has 2 aromatic rings. The van der Waals surface area contributed by atoms with Gasteiger partial charge in [-0.15, -0.1) is 0 Å². The molecule has 3 rings (SSSR count). The Kier molecular flexibility index (Phi) is 7.20. The van der Waals surface area contributed by atoms with Crippen LogP contribution in [0.5, 0.6) is 5.75 Å². The molecular weight excluding hydrogens is 344 g/mol. The molecule has 1 aromatic carbocycles. The third-order valence-corrected chi connectivity index (χ3v) is 5.11. The second kappa shape index (κ2) is 9.82.